The molecule has 0 rings (SSSR count). The van der Waals surface area contributed by atoms with Crippen LogP contribution in [0.3, 0.4) is 0 Å². The molecule has 0 radical (unpaired) electrons. The molecular formula is C23H46O2. The lowest BCUT2D eigenvalue weighted by molar-refractivity contribution is -0.117. The number of carbonyl (C=O) groups excluding carboxylic acids is 1. The molecule has 2 heteroatoms. The smallest absolute Gasteiger partial charge is 0.127 e. The maximum absolute atomic E-state index is 10.8. The van der Waals surface area contributed by atoms with Crippen molar-refractivity contribution in [2.24, 2.45) is 5.41 Å². The Kier molecular flexibility index (Phi) is 18.1. The lowest BCUT2D eigenvalue weighted by Crippen LogP contribution is -2.21. The number of unbranched alkanes of at least 4 members (excludes halogenated alkanes) is 15. The number of hydrogen-bond donors (Lipinski definition) is 0. The predicted octanol–water partition coefficient (Wildman–Crippen LogP) is 7.49. The molecule has 0 bridgehead atoms. The van der Waals surface area contributed by atoms with Crippen LogP contribution in [0.15, 0.2) is 0 Å². The van der Waals surface area contributed by atoms with E-state index in [1.165, 1.54) is 96.3 Å². The minimum absolute atomic E-state index is 0.324. The maximum Gasteiger partial charge on any atom is 0.127 e. The lowest BCUT2D eigenvalue weighted by Gasteiger charge is -2.16. The fraction of sp³-hybridized carbons (Fsp3) is 0.957. The number of carbonyl (C=O) groups is 1. The second-order valence-electron chi connectivity index (χ2n) is 8.46. The van der Waals surface area contributed by atoms with Crippen LogP contribution in [0.2, 0.25) is 0 Å². The van der Waals surface area contributed by atoms with Gasteiger partial charge in [-0.05, 0) is 6.42 Å². The van der Waals surface area contributed by atoms with Crippen molar-refractivity contribution in [2.75, 3.05) is 13.2 Å². The number of hydrogen-bond acceptors (Lipinski definition) is 2. The summed E-state index contributed by atoms with van der Waals surface area (Å²) in [6.45, 7) is 7.49. The molecule has 0 atom stereocenters. The van der Waals surface area contributed by atoms with Crippen molar-refractivity contribution in [3.8, 4) is 0 Å². The van der Waals surface area contributed by atoms with E-state index in [4.69, 9.17) is 4.74 Å². The summed E-state index contributed by atoms with van der Waals surface area (Å²) in [5.41, 5.74) is -0.324. The van der Waals surface area contributed by atoms with E-state index < -0.39 is 0 Å². The van der Waals surface area contributed by atoms with E-state index in [0.717, 1.165) is 19.3 Å². The Bertz CT molecular complexity index is 273. The minimum atomic E-state index is -0.324. The fourth-order valence-corrected chi connectivity index (χ4v) is 3.12. The summed E-state index contributed by atoms with van der Waals surface area (Å²) < 4.78 is 5.58. The van der Waals surface area contributed by atoms with E-state index in [9.17, 15) is 4.79 Å². The van der Waals surface area contributed by atoms with Gasteiger partial charge in [-0.3, -0.25) is 0 Å². The summed E-state index contributed by atoms with van der Waals surface area (Å²) in [6.07, 6.45) is 23.3. The summed E-state index contributed by atoms with van der Waals surface area (Å²) in [7, 11) is 0. The zero-order chi connectivity index (χ0) is 18.6. The second-order valence-corrected chi connectivity index (χ2v) is 8.46. The zero-order valence-corrected chi connectivity index (χ0v) is 17.6. The molecule has 0 heterocycles. The first-order valence-electron chi connectivity index (χ1n) is 11.2. The first kappa shape index (κ1) is 24.6. The molecule has 0 fully saturated rings. The van der Waals surface area contributed by atoms with E-state index in [2.05, 4.69) is 6.92 Å². The number of rotatable bonds is 20. The number of aldehydes is 1. The molecule has 2 nitrogen and oxygen atoms in total. The molecule has 0 amide bonds. The molecule has 0 N–H and O–H groups in total. The van der Waals surface area contributed by atoms with E-state index in [-0.39, 0.29) is 5.41 Å². The molecule has 0 spiro atoms. The largest absolute Gasteiger partial charge is 0.380 e. The summed E-state index contributed by atoms with van der Waals surface area (Å²) in [5, 5.41) is 0. The van der Waals surface area contributed by atoms with Crippen molar-refractivity contribution in [3.63, 3.8) is 0 Å². The Hall–Kier alpha value is -0.370. The maximum atomic E-state index is 10.8. The zero-order valence-electron chi connectivity index (χ0n) is 17.6. The highest BCUT2D eigenvalue weighted by Crippen LogP contribution is 2.14. The van der Waals surface area contributed by atoms with E-state index in [1.54, 1.807) is 0 Å². The van der Waals surface area contributed by atoms with Crippen LogP contribution in [0.25, 0.3) is 0 Å². The van der Waals surface area contributed by atoms with Crippen molar-refractivity contribution >= 4 is 6.29 Å². The molecule has 0 aliphatic rings. The lowest BCUT2D eigenvalue weighted by atomic mass is 9.98. The van der Waals surface area contributed by atoms with Gasteiger partial charge in [-0.1, -0.05) is 117 Å². The Morgan fingerprint density at radius 2 is 1.00 bits per heavy atom. The van der Waals surface area contributed by atoms with Gasteiger partial charge in [0.1, 0.15) is 6.29 Å². The Morgan fingerprint density at radius 3 is 1.36 bits per heavy atom. The molecule has 0 aromatic rings. The molecule has 0 aliphatic carbocycles. The highest BCUT2D eigenvalue weighted by atomic mass is 16.5. The van der Waals surface area contributed by atoms with Crippen molar-refractivity contribution in [2.45, 2.75) is 124 Å². The molecule has 25 heavy (non-hydrogen) atoms. The van der Waals surface area contributed by atoms with Gasteiger partial charge in [-0.25, -0.2) is 0 Å². The first-order chi connectivity index (χ1) is 12.1. The van der Waals surface area contributed by atoms with Gasteiger partial charge in [0.15, 0.2) is 0 Å². The minimum Gasteiger partial charge on any atom is -0.380 e. The van der Waals surface area contributed by atoms with Crippen LogP contribution in [0, 0.1) is 5.41 Å². The third kappa shape index (κ3) is 19.8. The Labute approximate surface area is 158 Å². The van der Waals surface area contributed by atoms with E-state index >= 15 is 0 Å². The van der Waals surface area contributed by atoms with Crippen molar-refractivity contribution in [1.29, 1.82) is 0 Å². The molecule has 150 valence electrons. The predicted molar refractivity (Wildman–Crippen MR) is 110 cm³/mol. The summed E-state index contributed by atoms with van der Waals surface area (Å²) in [4.78, 5) is 10.8. The van der Waals surface area contributed by atoms with Crippen LogP contribution in [0.1, 0.15) is 124 Å². The number of ether oxygens (including phenoxy) is 1. The standard InChI is InChI=1S/C23H46O2/c1-4-5-6-7-8-9-10-11-12-13-14-15-16-17-18-19-20-25-22-23(2,3)21-24/h21H,4-20,22H2,1-3H3. The van der Waals surface area contributed by atoms with Crippen molar-refractivity contribution < 1.29 is 9.53 Å². The van der Waals surface area contributed by atoms with Gasteiger partial charge < -0.3 is 9.53 Å². The SMILES string of the molecule is CCCCCCCCCCCCCCCCCCOCC(C)(C)C=O. The monoisotopic (exact) mass is 354 g/mol. The molecular weight excluding hydrogens is 308 g/mol. The summed E-state index contributed by atoms with van der Waals surface area (Å²) in [6, 6.07) is 0. The van der Waals surface area contributed by atoms with Gasteiger partial charge in [-0.15, -0.1) is 0 Å². The summed E-state index contributed by atoms with van der Waals surface area (Å²) >= 11 is 0. The van der Waals surface area contributed by atoms with Crippen LogP contribution in [0.5, 0.6) is 0 Å². The van der Waals surface area contributed by atoms with Crippen LogP contribution < -0.4 is 0 Å². The Morgan fingerprint density at radius 1 is 0.640 bits per heavy atom. The molecule has 0 aliphatic heterocycles. The van der Waals surface area contributed by atoms with Gasteiger partial charge in [0, 0.05) is 12.0 Å². The van der Waals surface area contributed by atoms with Crippen molar-refractivity contribution in [1.82, 2.24) is 0 Å². The first-order valence-corrected chi connectivity index (χ1v) is 11.2. The normalized spacial score (nSPS) is 11.8. The third-order valence-corrected chi connectivity index (χ3v) is 4.94. The quantitative estimate of drug-likeness (QED) is 0.167. The molecule has 0 saturated carbocycles. The van der Waals surface area contributed by atoms with E-state index in [0.29, 0.717) is 6.61 Å². The average molecular weight is 355 g/mol. The van der Waals surface area contributed by atoms with Gasteiger partial charge in [0.25, 0.3) is 0 Å². The van der Waals surface area contributed by atoms with Gasteiger partial charge in [0.2, 0.25) is 0 Å². The Balaban J connectivity index is 3.06. The van der Waals surface area contributed by atoms with Crippen LogP contribution in [-0.2, 0) is 9.53 Å². The third-order valence-electron chi connectivity index (χ3n) is 4.94. The topological polar surface area (TPSA) is 26.3 Å². The van der Waals surface area contributed by atoms with Gasteiger partial charge in [0.05, 0.1) is 6.61 Å². The molecule has 0 aromatic heterocycles. The van der Waals surface area contributed by atoms with Gasteiger partial charge in [-0.2, -0.15) is 0 Å². The summed E-state index contributed by atoms with van der Waals surface area (Å²) in [5.74, 6) is 0. The van der Waals surface area contributed by atoms with Crippen LogP contribution in [-0.4, -0.2) is 19.5 Å². The van der Waals surface area contributed by atoms with Gasteiger partial charge >= 0.3 is 0 Å². The van der Waals surface area contributed by atoms with Crippen molar-refractivity contribution in [3.05, 3.63) is 0 Å². The highest BCUT2D eigenvalue weighted by molar-refractivity contribution is 5.57. The molecule has 0 aromatic carbocycles. The molecule has 0 saturated heterocycles. The van der Waals surface area contributed by atoms with Crippen LogP contribution in [0.4, 0.5) is 0 Å². The van der Waals surface area contributed by atoms with Crippen LogP contribution >= 0.6 is 0 Å². The molecule has 0 unspecified atom stereocenters. The fourth-order valence-electron chi connectivity index (χ4n) is 3.12. The van der Waals surface area contributed by atoms with E-state index in [1.807, 2.05) is 13.8 Å². The highest BCUT2D eigenvalue weighted by Gasteiger charge is 2.15. The second kappa shape index (κ2) is 18.4. The average Bonchev–Trinajstić information content (AvgIpc) is 2.60.